The van der Waals surface area contributed by atoms with Gasteiger partial charge < -0.3 is 20.5 Å². The van der Waals surface area contributed by atoms with E-state index in [0.29, 0.717) is 6.42 Å². The van der Waals surface area contributed by atoms with Crippen LogP contribution in [0.1, 0.15) is 57.6 Å². The van der Waals surface area contributed by atoms with Crippen LogP contribution < -0.4 is 10.6 Å². The van der Waals surface area contributed by atoms with Gasteiger partial charge in [0.25, 0.3) is 0 Å². The Bertz CT molecular complexity index is 987. The standard InChI is InChI=1S/C26H32N2O5/c1-16(24(30)31)17(2)27-23(29)13-14-26(3,4)28-25(32)33-15-22-20-11-7-5-9-18(20)19-10-6-8-12-21(19)22/h5-12,16-17,22H,13-15H2,1-4H3,(H,27,29)(H,28,32)(H,30,31). The fourth-order valence-electron chi connectivity index (χ4n) is 4.06. The number of carbonyl (C=O) groups is 3. The summed E-state index contributed by atoms with van der Waals surface area (Å²) in [7, 11) is 0. The Morgan fingerprint density at radius 3 is 2.09 bits per heavy atom. The first-order valence-corrected chi connectivity index (χ1v) is 11.2. The van der Waals surface area contributed by atoms with Crippen molar-refractivity contribution in [3.05, 3.63) is 59.7 Å². The number of amides is 2. The van der Waals surface area contributed by atoms with Gasteiger partial charge in [-0.25, -0.2) is 4.79 Å². The van der Waals surface area contributed by atoms with E-state index in [-0.39, 0.29) is 24.9 Å². The fraction of sp³-hybridized carbons (Fsp3) is 0.423. The van der Waals surface area contributed by atoms with Crippen molar-refractivity contribution in [2.75, 3.05) is 6.61 Å². The van der Waals surface area contributed by atoms with Crippen LogP contribution in [-0.2, 0) is 14.3 Å². The van der Waals surface area contributed by atoms with E-state index in [4.69, 9.17) is 9.84 Å². The minimum absolute atomic E-state index is 0.0187. The molecule has 7 nitrogen and oxygen atoms in total. The molecule has 0 aromatic heterocycles. The van der Waals surface area contributed by atoms with E-state index < -0.39 is 29.6 Å². The second-order valence-corrected chi connectivity index (χ2v) is 9.32. The molecular weight excluding hydrogens is 420 g/mol. The highest BCUT2D eigenvalue weighted by molar-refractivity contribution is 5.79. The van der Waals surface area contributed by atoms with Crippen LogP contribution in [0.4, 0.5) is 4.79 Å². The zero-order valence-corrected chi connectivity index (χ0v) is 19.6. The smallest absolute Gasteiger partial charge is 0.407 e. The van der Waals surface area contributed by atoms with Gasteiger partial charge in [-0.3, -0.25) is 9.59 Å². The number of hydrogen-bond acceptors (Lipinski definition) is 4. The van der Waals surface area contributed by atoms with Crippen LogP contribution >= 0.6 is 0 Å². The van der Waals surface area contributed by atoms with Crippen molar-refractivity contribution < 1.29 is 24.2 Å². The molecule has 0 bridgehead atoms. The van der Waals surface area contributed by atoms with Gasteiger partial charge in [-0.05, 0) is 56.4 Å². The van der Waals surface area contributed by atoms with Crippen LogP contribution in [-0.4, -0.2) is 41.3 Å². The maximum absolute atomic E-state index is 12.5. The molecule has 33 heavy (non-hydrogen) atoms. The number of nitrogens with one attached hydrogen (secondary N) is 2. The van der Waals surface area contributed by atoms with Gasteiger partial charge in [-0.2, -0.15) is 0 Å². The molecule has 176 valence electrons. The normalized spacial score (nSPS) is 14.5. The van der Waals surface area contributed by atoms with Gasteiger partial charge in [0.05, 0.1) is 5.92 Å². The van der Waals surface area contributed by atoms with Crippen LogP contribution in [0, 0.1) is 5.92 Å². The molecule has 2 unspecified atom stereocenters. The Labute approximate surface area is 194 Å². The van der Waals surface area contributed by atoms with Gasteiger partial charge in [0.2, 0.25) is 5.91 Å². The molecule has 2 amide bonds. The number of carboxylic acid groups (broad SMARTS) is 1. The monoisotopic (exact) mass is 452 g/mol. The van der Waals surface area contributed by atoms with E-state index in [1.807, 2.05) is 38.1 Å². The number of rotatable bonds is 9. The number of ether oxygens (including phenoxy) is 1. The third kappa shape index (κ3) is 5.92. The summed E-state index contributed by atoms with van der Waals surface area (Å²) in [5, 5.41) is 14.6. The largest absolute Gasteiger partial charge is 0.481 e. The van der Waals surface area contributed by atoms with E-state index in [1.165, 1.54) is 11.1 Å². The molecule has 0 saturated carbocycles. The van der Waals surface area contributed by atoms with Crippen molar-refractivity contribution in [2.45, 2.75) is 58.0 Å². The van der Waals surface area contributed by atoms with Crippen molar-refractivity contribution in [1.29, 1.82) is 0 Å². The first kappa shape index (κ1) is 24.3. The van der Waals surface area contributed by atoms with Crippen LogP contribution in [0.5, 0.6) is 0 Å². The number of aliphatic carboxylic acids is 1. The van der Waals surface area contributed by atoms with Crippen LogP contribution in [0.3, 0.4) is 0 Å². The second-order valence-electron chi connectivity index (χ2n) is 9.32. The molecule has 0 fully saturated rings. The average molecular weight is 453 g/mol. The Balaban J connectivity index is 1.51. The second kappa shape index (κ2) is 10.1. The number of alkyl carbamates (subject to hydrolysis) is 1. The van der Waals surface area contributed by atoms with E-state index >= 15 is 0 Å². The lowest BCUT2D eigenvalue weighted by Gasteiger charge is -2.26. The SMILES string of the molecule is CC(NC(=O)CCC(C)(C)NC(=O)OCC1c2ccccc2-c2ccccc21)C(C)C(=O)O. The fourth-order valence-corrected chi connectivity index (χ4v) is 4.06. The van der Waals surface area contributed by atoms with E-state index in [0.717, 1.165) is 11.1 Å². The molecule has 1 aliphatic carbocycles. The average Bonchev–Trinajstić information content (AvgIpc) is 3.09. The minimum Gasteiger partial charge on any atom is -0.481 e. The molecule has 0 spiro atoms. The molecule has 7 heteroatoms. The quantitative estimate of drug-likeness (QED) is 0.526. The Kier molecular flexibility index (Phi) is 7.41. The summed E-state index contributed by atoms with van der Waals surface area (Å²) in [4.78, 5) is 35.8. The summed E-state index contributed by atoms with van der Waals surface area (Å²) in [6.45, 7) is 7.09. The van der Waals surface area contributed by atoms with Gasteiger partial charge in [0.15, 0.2) is 0 Å². The lowest BCUT2D eigenvalue weighted by Crippen LogP contribution is -2.45. The van der Waals surface area contributed by atoms with Gasteiger partial charge in [0, 0.05) is 23.9 Å². The first-order valence-electron chi connectivity index (χ1n) is 11.2. The third-order valence-electron chi connectivity index (χ3n) is 6.29. The lowest BCUT2D eigenvalue weighted by molar-refractivity contribution is -0.142. The molecule has 2 aromatic carbocycles. The van der Waals surface area contributed by atoms with Gasteiger partial charge in [-0.1, -0.05) is 48.5 Å². The van der Waals surface area contributed by atoms with Gasteiger partial charge in [-0.15, -0.1) is 0 Å². The minimum atomic E-state index is -0.958. The Morgan fingerprint density at radius 2 is 1.55 bits per heavy atom. The Hall–Kier alpha value is -3.35. The summed E-state index contributed by atoms with van der Waals surface area (Å²) in [5.41, 5.74) is 3.96. The molecule has 2 aromatic rings. The number of carbonyl (C=O) groups excluding carboxylic acids is 2. The molecule has 1 aliphatic rings. The molecule has 0 heterocycles. The molecular formula is C26H32N2O5. The van der Waals surface area contributed by atoms with E-state index in [2.05, 4.69) is 34.9 Å². The number of carboxylic acids is 1. The van der Waals surface area contributed by atoms with E-state index in [9.17, 15) is 14.4 Å². The summed E-state index contributed by atoms with van der Waals surface area (Å²) < 4.78 is 5.59. The molecule has 0 radical (unpaired) electrons. The lowest BCUT2D eigenvalue weighted by atomic mass is 9.97. The van der Waals surface area contributed by atoms with Crippen molar-refractivity contribution in [3.8, 4) is 11.1 Å². The number of benzene rings is 2. The van der Waals surface area contributed by atoms with Crippen LogP contribution in [0.15, 0.2) is 48.5 Å². The maximum atomic E-state index is 12.5. The maximum Gasteiger partial charge on any atom is 0.407 e. The summed E-state index contributed by atoms with van der Waals surface area (Å²) in [6.07, 6.45) is 0.0139. The first-order chi connectivity index (χ1) is 15.6. The Morgan fingerprint density at radius 1 is 1.00 bits per heavy atom. The van der Waals surface area contributed by atoms with Crippen molar-refractivity contribution in [3.63, 3.8) is 0 Å². The zero-order valence-electron chi connectivity index (χ0n) is 19.6. The van der Waals surface area contributed by atoms with Crippen molar-refractivity contribution >= 4 is 18.0 Å². The van der Waals surface area contributed by atoms with Crippen molar-refractivity contribution in [1.82, 2.24) is 10.6 Å². The summed E-state index contributed by atoms with van der Waals surface area (Å²) in [6, 6.07) is 15.8. The molecule has 3 rings (SSSR count). The number of fused-ring (bicyclic) bond motifs is 3. The molecule has 0 aliphatic heterocycles. The zero-order chi connectivity index (χ0) is 24.2. The third-order valence-corrected chi connectivity index (χ3v) is 6.29. The molecule has 2 atom stereocenters. The molecule has 3 N–H and O–H groups in total. The molecule has 0 saturated heterocycles. The number of hydrogen-bond donors (Lipinski definition) is 3. The van der Waals surface area contributed by atoms with Gasteiger partial charge >= 0.3 is 12.1 Å². The van der Waals surface area contributed by atoms with Gasteiger partial charge in [0.1, 0.15) is 6.61 Å². The highest BCUT2D eigenvalue weighted by Gasteiger charge is 2.30. The predicted octanol–water partition coefficient (Wildman–Crippen LogP) is 4.31. The highest BCUT2D eigenvalue weighted by atomic mass is 16.5. The topological polar surface area (TPSA) is 105 Å². The van der Waals surface area contributed by atoms with Crippen molar-refractivity contribution in [2.24, 2.45) is 5.92 Å². The van der Waals surface area contributed by atoms with Crippen LogP contribution in [0.25, 0.3) is 11.1 Å². The summed E-state index contributed by atoms with van der Waals surface area (Å²) >= 11 is 0. The van der Waals surface area contributed by atoms with E-state index in [1.54, 1.807) is 13.8 Å². The predicted molar refractivity (Wildman–Crippen MR) is 126 cm³/mol. The summed E-state index contributed by atoms with van der Waals surface area (Å²) in [5.74, 6) is -1.91. The highest BCUT2D eigenvalue weighted by Crippen LogP contribution is 2.44. The van der Waals surface area contributed by atoms with Crippen LogP contribution in [0.2, 0.25) is 0 Å².